The second kappa shape index (κ2) is 4.37. The molecule has 1 saturated carbocycles. The van der Waals surface area contributed by atoms with Gasteiger partial charge in [-0.1, -0.05) is 23.2 Å². The van der Waals surface area contributed by atoms with Crippen molar-refractivity contribution in [2.75, 3.05) is 0 Å². The van der Waals surface area contributed by atoms with Gasteiger partial charge in [0.15, 0.2) is 0 Å². The molecule has 0 aromatic carbocycles. The Kier molecular flexibility index (Phi) is 3.34. The molecule has 2 rings (SSSR count). The molecule has 0 amide bonds. The van der Waals surface area contributed by atoms with Crippen molar-refractivity contribution in [2.24, 2.45) is 0 Å². The van der Waals surface area contributed by atoms with E-state index in [2.05, 4.69) is 5.32 Å². The Morgan fingerprint density at radius 1 is 1.50 bits per heavy atom. The molecular formula is C9H11Cl2NOS. The van der Waals surface area contributed by atoms with Gasteiger partial charge in [-0.05, 0) is 24.5 Å². The predicted molar refractivity (Wildman–Crippen MR) is 60.2 cm³/mol. The van der Waals surface area contributed by atoms with Crippen LogP contribution in [0, 0.1) is 0 Å². The molecule has 0 aliphatic heterocycles. The lowest BCUT2D eigenvalue weighted by Crippen LogP contribution is -2.43. The summed E-state index contributed by atoms with van der Waals surface area (Å²) in [6.07, 6.45) is 1.57. The van der Waals surface area contributed by atoms with E-state index in [1.54, 1.807) is 0 Å². The Morgan fingerprint density at radius 3 is 2.71 bits per heavy atom. The summed E-state index contributed by atoms with van der Waals surface area (Å²) in [5, 5.41) is 12.4. The lowest BCUT2D eigenvalue weighted by molar-refractivity contribution is 0.0619. The lowest BCUT2D eigenvalue weighted by atomic mass is 9.89. The third kappa shape index (κ3) is 2.41. The van der Waals surface area contributed by atoms with Crippen LogP contribution in [0.4, 0.5) is 0 Å². The Bertz CT molecular complexity index is 323. The fourth-order valence-corrected chi connectivity index (χ4v) is 2.99. The molecule has 1 aliphatic rings. The third-order valence-electron chi connectivity index (χ3n) is 2.42. The Balaban J connectivity index is 1.83. The van der Waals surface area contributed by atoms with E-state index >= 15 is 0 Å². The van der Waals surface area contributed by atoms with E-state index in [0.29, 0.717) is 6.04 Å². The highest BCUT2D eigenvalue weighted by molar-refractivity contribution is 7.20. The number of thiophene rings is 1. The van der Waals surface area contributed by atoms with E-state index in [9.17, 15) is 0 Å². The first-order valence-corrected chi connectivity index (χ1v) is 6.07. The first kappa shape index (κ1) is 10.7. The maximum Gasteiger partial charge on any atom is 0.0989 e. The smallest absolute Gasteiger partial charge is 0.0989 e. The van der Waals surface area contributed by atoms with Crippen molar-refractivity contribution in [1.29, 1.82) is 0 Å². The van der Waals surface area contributed by atoms with Crippen molar-refractivity contribution < 1.29 is 5.11 Å². The highest BCUT2D eigenvalue weighted by Gasteiger charge is 2.26. The van der Waals surface area contributed by atoms with Crippen molar-refractivity contribution in [3.05, 3.63) is 20.3 Å². The molecule has 2 nitrogen and oxygen atoms in total. The van der Waals surface area contributed by atoms with Gasteiger partial charge in [-0.25, -0.2) is 0 Å². The zero-order valence-corrected chi connectivity index (χ0v) is 9.79. The summed E-state index contributed by atoms with van der Waals surface area (Å²) in [5.41, 5.74) is 1.04. The Hall–Kier alpha value is 0.200. The van der Waals surface area contributed by atoms with Crippen molar-refractivity contribution in [3.8, 4) is 0 Å². The van der Waals surface area contributed by atoms with Gasteiger partial charge in [-0.2, -0.15) is 0 Å². The Morgan fingerprint density at radius 2 is 2.21 bits per heavy atom. The van der Waals surface area contributed by atoms with Gasteiger partial charge in [0.2, 0.25) is 0 Å². The topological polar surface area (TPSA) is 32.3 Å². The van der Waals surface area contributed by atoms with Crippen LogP contribution in [0.15, 0.2) is 6.07 Å². The van der Waals surface area contributed by atoms with Gasteiger partial charge in [0, 0.05) is 12.6 Å². The molecule has 1 aromatic rings. The Labute approximate surface area is 96.8 Å². The van der Waals surface area contributed by atoms with E-state index in [4.69, 9.17) is 28.3 Å². The molecule has 1 aliphatic carbocycles. The molecule has 0 radical (unpaired) electrons. The average molecular weight is 252 g/mol. The fourth-order valence-electron chi connectivity index (χ4n) is 1.50. The number of nitrogens with one attached hydrogen (secondary N) is 1. The van der Waals surface area contributed by atoms with E-state index in [-0.39, 0.29) is 6.10 Å². The van der Waals surface area contributed by atoms with Crippen molar-refractivity contribution >= 4 is 34.5 Å². The fraction of sp³-hybridized carbons (Fsp3) is 0.556. The predicted octanol–water partition coefficient (Wildman–Crippen LogP) is 2.67. The summed E-state index contributed by atoms with van der Waals surface area (Å²) in [6.45, 7) is 0.736. The minimum absolute atomic E-state index is 0.117. The molecule has 5 heteroatoms. The molecule has 2 N–H and O–H groups in total. The first-order chi connectivity index (χ1) is 6.65. The van der Waals surface area contributed by atoms with Crippen molar-refractivity contribution in [2.45, 2.75) is 31.5 Å². The van der Waals surface area contributed by atoms with Gasteiger partial charge in [0.1, 0.15) is 0 Å². The number of aliphatic hydroxyl groups excluding tert-OH is 1. The highest BCUT2D eigenvalue weighted by atomic mass is 35.5. The number of halogens is 2. The molecule has 0 unspecified atom stereocenters. The van der Waals surface area contributed by atoms with Gasteiger partial charge in [-0.3, -0.25) is 0 Å². The number of hydrogen-bond acceptors (Lipinski definition) is 3. The van der Waals surface area contributed by atoms with Gasteiger partial charge in [-0.15, -0.1) is 11.3 Å². The zero-order chi connectivity index (χ0) is 10.1. The molecule has 1 aromatic heterocycles. The van der Waals surface area contributed by atoms with Crippen LogP contribution in [0.2, 0.25) is 8.67 Å². The van der Waals surface area contributed by atoms with Gasteiger partial charge in [0.05, 0.1) is 14.8 Å². The maximum absolute atomic E-state index is 9.09. The van der Waals surface area contributed by atoms with E-state index in [1.165, 1.54) is 11.3 Å². The van der Waals surface area contributed by atoms with Crippen LogP contribution in [-0.4, -0.2) is 17.3 Å². The third-order valence-corrected chi connectivity index (χ3v) is 3.99. The van der Waals surface area contributed by atoms with Crippen molar-refractivity contribution in [1.82, 2.24) is 5.32 Å². The summed E-state index contributed by atoms with van der Waals surface area (Å²) < 4.78 is 1.47. The maximum atomic E-state index is 9.09. The summed E-state index contributed by atoms with van der Waals surface area (Å²) in [6, 6.07) is 2.32. The molecule has 14 heavy (non-hydrogen) atoms. The van der Waals surface area contributed by atoms with Gasteiger partial charge < -0.3 is 10.4 Å². The average Bonchev–Trinajstić information content (AvgIpc) is 2.37. The standard InChI is InChI=1S/C9H11Cl2NOS/c10-8-1-5(9(11)14-8)4-12-6-2-7(13)3-6/h1,6-7,12-13H,2-4H2. The summed E-state index contributed by atoms with van der Waals surface area (Å²) in [7, 11) is 0. The van der Waals surface area contributed by atoms with Crippen LogP contribution in [0.1, 0.15) is 18.4 Å². The van der Waals surface area contributed by atoms with Crippen LogP contribution in [0.5, 0.6) is 0 Å². The quantitative estimate of drug-likeness (QED) is 0.866. The summed E-state index contributed by atoms with van der Waals surface area (Å²) in [4.78, 5) is 0. The van der Waals surface area contributed by atoms with Crippen LogP contribution in [0.25, 0.3) is 0 Å². The normalized spacial score (nSPS) is 26.2. The minimum atomic E-state index is -0.117. The second-order valence-electron chi connectivity index (χ2n) is 3.55. The van der Waals surface area contributed by atoms with E-state index in [0.717, 1.165) is 33.6 Å². The molecule has 1 fully saturated rings. The summed E-state index contributed by atoms with van der Waals surface area (Å²) >= 11 is 13.2. The second-order valence-corrected chi connectivity index (χ2v) is 5.84. The monoisotopic (exact) mass is 251 g/mol. The zero-order valence-electron chi connectivity index (χ0n) is 7.46. The molecule has 0 spiro atoms. The van der Waals surface area contributed by atoms with E-state index in [1.807, 2.05) is 6.07 Å². The van der Waals surface area contributed by atoms with E-state index < -0.39 is 0 Å². The number of hydrogen-bond donors (Lipinski definition) is 2. The molecule has 0 saturated heterocycles. The molecule has 78 valence electrons. The van der Waals surface area contributed by atoms with Gasteiger partial charge >= 0.3 is 0 Å². The van der Waals surface area contributed by atoms with Crippen LogP contribution in [0.3, 0.4) is 0 Å². The number of aliphatic hydroxyl groups is 1. The molecule has 1 heterocycles. The lowest BCUT2D eigenvalue weighted by Gasteiger charge is -2.32. The number of rotatable bonds is 3. The highest BCUT2D eigenvalue weighted by Crippen LogP contribution is 2.31. The SMILES string of the molecule is OC1CC(NCc2cc(Cl)sc2Cl)C1. The molecule has 0 atom stereocenters. The first-order valence-electron chi connectivity index (χ1n) is 4.50. The van der Waals surface area contributed by atoms with Crippen LogP contribution < -0.4 is 5.32 Å². The minimum Gasteiger partial charge on any atom is -0.393 e. The van der Waals surface area contributed by atoms with Gasteiger partial charge in [0.25, 0.3) is 0 Å². The van der Waals surface area contributed by atoms with Crippen molar-refractivity contribution in [3.63, 3.8) is 0 Å². The molecular weight excluding hydrogens is 241 g/mol. The largest absolute Gasteiger partial charge is 0.393 e. The molecule has 0 bridgehead atoms. The van der Waals surface area contributed by atoms with Crippen LogP contribution >= 0.6 is 34.5 Å². The van der Waals surface area contributed by atoms with Crippen LogP contribution in [-0.2, 0) is 6.54 Å². The summed E-state index contributed by atoms with van der Waals surface area (Å²) in [5.74, 6) is 0.